The van der Waals surface area contributed by atoms with Crippen molar-refractivity contribution in [1.29, 1.82) is 0 Å². The topological polar surface area (TPSA) is 89.8 Å². The van der Waals surface area contributed by atoms with E-state index in [-0.39, 0.29) is 29.4 Å². The molecule has 0 saturated heterocycles. The first-order valence-electron chi connectivity index (χ1n) is 9.89. The van der Waals surface area contributed by atoms with Gasteiger partial charge in [-0.2, -0.15) is 13.2 Å². The van der Waals surface area contributed by atoms with Crippen LogP contribution in [-0.4, -0.2) is 21.2 Å². The van der Waals surface area contributed by atoms with Gasteiger partial charge in [0.05, 0.1) is 17.6 Å². The minimum absolute atomic E-state index is 0.000310. The van der Waals surface area contributed by atoms with Crippen LogP contribution in [0.2, 0.25) is 0 Å². The Morgan fingerprint density at radius 3 is 2.16 bits per heavy atom. The number of halogens is 3. The number of hydrogen-bond donors (Lipinski definition) is 4. The second kappa shape index (κ2) is 7.87. The fourth-order valence-electron chi connectivity index (χ4n) is 3.68. The number of phenolic OH excluding ortho intramolecular Hbond substituents is 2. The lowest BCUT2D eigenvalue weighted by Gasteiger charge is -2.18. The Hall–Kier alpha value is -3.52. The molecule has 1 saturated carbocycles. The van der Waals surface area contributed by atoms with Crippen LogP contribution in [0.1, 0.15) is 29.5 Å². The van der Waals surface area contributed by atoms with Gasteiger partial charge in [-0.3, -0.25) is 4.79 Å². The van der Waals surface area contributed by atoms with Crippen molar-refractivity contribution in [2.45, 2.75) is 31.0 Å². The van der Waals surface area contributed by atoms with Gasteiger partial charge in [0.1, 0.15) is 0 Å². The first kappa shape index (κ1) is 21.7. The van der Waals surface area contributed by atoms with Gasteiger partial charge in [0.15, 0.2) is 11.5 Å². The highest BCUT2D eigenvalue weighted by Gasteiger charge is 2.51. The number of aliphatic hydroxyl groups excluding tert-OH is 1. The number of alkyl halides is 3. The van der Waals surface area contributed by atoms with Crippen LogP contribution in [0.3, 0.4) is 0 Å². The molecule has 0 aromatic heterocycles. The van der Waals surface area contributed by atoms with Gasteiger partial charge in [-0.15, -0.1) is 0 Å². The average Bonchev–Trinajstić information content (AvgIpc) is 3.57. The third-order valence-corrected chi connectivity index (χ3v) is 5.70. The van der Waals surface area contributed by atoms with Crippen molar-refractivity contribution in [3.63, 3.8) is 0 Å². The number of phenols is 2. The number of carbonyl (C=O) groups is 1. The standard InChI is InChI=1S/C24H20F3NO4/c25-24(26,27)18-9-16(15-3-1-14(13-29)2-4-15)10-19(11-18)28-22(32)23(7-8-23)17-5-6-20(30)21(31)12-17/h1-6,9-12,29-31H,7-8,13H2,(H,28,32). The van der Waals surface area contributed by atoms with Gasteiger partial charge >= 0.3 is 6.18 Å². The predicted octanol–water partition coefficient (Wildman–Crippen LogP) is 4.95. The molecule has 0 bridgehead atoms. The highest BCUT2D eigenvalue weighted by molar-refractivity contribution is 6.02. The Labute approximate surface area is 181 Å². The molecule has 8 heteroatoms. The van der Waals surface area contributed by atoms with Crippen LogP contribution in [0, 0.1) is 0 Å². The van der Waals surface area contributed by atoms with E-state index in [4.69, 9.17) is 0 Å². The number of hydrogen-bond acceptors (Lipinski definition) is 4. The zero-order chi connectivity index (χ0) is 23.1. The zero-order valence-corrected chi connectivity index (χ0v) is 16.8. The maximum absolute atomic E-state index is 13.5. The van der Waals surface area contributed by atoms with Gasteiger partial charge in [0.2, 0.25) is 5.91 Å². The lowest BCUT2D eigenvalue weighted by Crippen LogP contribution is -2.28. The predicted molar refractivity (Wildman–Crippen MR) is 112 cm³/mol. The molecule has 1 aliphatic carbocycles. The number of nitrogens with one attached hydrogen (secondary N) is 1. The number of anilines is 1. The van der Waals surface area contributed by atoms with Crippen molar-refractivity contribution in [2.24, 2.45) is 0 Å². The zero-order valence-electron chi connectivity index (χ0n) is 16.8. The van der Waals surface area contributed by atoms with Gasteiger partial charge < -0.3 is 20.6 Å². The molecule has 0 heterocycles. The van der Waals surface area contributed by atoms with E-state index in [9.17, 15) is 33.3 Å². The van der Waals surface area contributed by atoms with E-state index in [1.807, 2.05) is 0 Å². The van der Waals surface area contributed by atoms with Crippen LogP contribution >= 0.6 is 0 Å². The minimum atomic E-state index is -4.61. The van der Waals surface area contributed by atoms with E-state index >= 15 is 0 Å². The number of aromatic hydroxyl groups is 2. The molecule has 1 aliphatic rings. The summed E-state index contributed by atoms with van der Waals surface area (Å²) in [7, 11) is 0. The number of amides is 1. The summed E-state index contributed by atoms with van der Waals surface area (Å²) in [6.07, 6.45) is -3.67. The van der Waals surface area contributed by atoms with E-state index in [1.165, 1.54) is 24.3 Å². The molecule has 3 aromatic carbocycles. The van der Waals surface area contributed by atoms with Crippen molar-refractivity contribution in [1.82, 2.24) is 0 Å². The smallest absolute Gasteiger partial charge is 0.416 e. The molecule has 0 radical (unpaired) electrons. The summed E-state index contributed by atoms with van der Waals surface area (Å²) < 4.78 is 40.5. The van der Waals surface area contributed by atoms with Crippen molar-refractivity contribution in [3.05, 3.63) is 77.4 Å². The third-order valence-electron chi connectivity index (χ3n) is 5.70. The Morgan fingerprint density at radius 1 is 0.906 bits per heavy atom. The third kappa shape index (κ3) is 4.13. The first-order valence-corrected chi connectivity index (χ1v) is 9.89. The maximum Gasteiger partial charge on any atom is 0.416 e. The van der Waals surface area contributed by atoms with E-state index in [2.05, 4.69) is 5.32 Å². The molecule has 0 aliphatic heterocycles. The lowest BCUT2D eigenvalue weighted by atomic mass is 9.94. The molecule has 0 spiro atoms. The van der Waals surface area contributed by atoms with Gasteiger partial charge in [-0.1, -0.05) is 30.3 Å². The molecular formula is C24H20F3NO4. The summed E-state index contributed by atoms with van der Waals surface area (Å²) in [4.78, 5) is 13.0. The first-order chi connectivity index (χ1) is 15.1. The van der Waals surface area contributed by atoms with Crippen LogP contribution in [-0.2, 0) is 23.0 Å². The van der Waals surface area contributed by atoms with Crippen molar-refractivity contribution < 1.29 is 33.3 Å². The number of benzene rings is 3. The summed E-state index contributed by atoms with van der Waals surface area (Å²) in [6.45, 7) is -0.181. The van der Waals surface area contributed by atoms with Crippen molar-refractivity contribution in [2.75, 3.05) is 5.32 Å². The molecule has 166 valence electrons. The Morgan fingerprint density at radius 2 is 1.59 bits per heavy atom. The number of aliphatic hydroxyl groups is 1. The monoisotopic (exact) mass is 443 g/mol. The quantitative estimate of drug-likeness (QED) is 0.420. The molecule has 4 N–H and O–H groups in total. The highest BCUT2D eigenvalue weighted by Crippen LogP contribution is 2.50. The van der Waals surface area contributed by atoms with Crippen LogP contribution < -0.4 is 5.32 Å². The fourth-order valence-corrected chi connectivity index (χ4v) is 3.68. The normalized spacial score (nSPS) is 14.8. The van der Waals surface area contributed by atoms with Crippen LogP contribution in [0.15, 0.2) is 60.7 Å². The molecule has 1 fully saturated rings. The van der Waals surface area contributed by atoms with Crippen LogP contribution in [0.5, 0.6) is 11.5 Å². The van der Waals surface area contributed by atoms with E-state index in [0.717, 1.165) is 12.1 Å². The largest absolute Gasteiger partial charge is 0.504 e. The summed E-state index contributed by atoms with van der Waals surface area (Å²) in [5.74, 6) is -1.17. The lowest BCUT2D eigenvalue weighted by molar-refractivity contribution is -0.137. The SMILES string of the molecule is O=C(Nc1cc(-c2ccc(CO)cc2)cc(C(F)(F)F)c1)C1(c2ccc(O)c(O)c2)CC1. The molecule has 4 rings (SSSR count). The summed E-state index contributed by atoms with van der Waals surface area (Å²) in [5.41, 5.74) is 0.0193. The molecule has 1 amide bonds. The second-order valence-electron chi connectivity index (χ2n) is 7.89. The van der Waals surface area contributed by atoms with Crippen molar-refractivity contribution >= 4 is 11.6 Å². The average molecular weight is 443 g/mol. The van der Waals surface area contributed by atoms with Gasteiger partial charge in [0.25, 0.3) is 0 Å². The molecule has 0 atom stereocenters. The Bertz CT molecular complexity index is 1170. The Kier molecular flexibility index (Phi) is 5.34. The van der Waals surface area contributed by atoms with Gasteiger partial charge in [0, 0.05) is 5.69 Å². The molecule has 32 heavy (non-hydrogen) atoms. The second-order valence-corrected chi connectivity index (χ2v) is 7.89. The molecule has 3 aromatic rings. The molecule has 0 unspecified atom stereocenters. The maximum atomic E-state index is 13.5. The van der Waals surface area contributed by atoms with E-state index in [0.29, 0.717) is 29.5 Å². The highest BCUT2D eigenvalue weighted by atomic mass is 19.4. The number of rotatable bonds is 5. The molecular weight excluding hydrogens is 423 g/mol. The Balaban J connectivity index is 1.68. The van der Waals surface area contributed by atoms with Gasteiger partial charge in [-0.25, -0.2) is 0 Å². The summed E-state index contributed by atoms with van der Waals surface area (Å²) in [6, 6.07) is 13.9. The van der Waals surface area contributed by atoms with Crippen LogP contribution in [0.25, 0.3) is 11.1 Å². The minimum Gasteiger partial charge on any atom is -0.504 e. The van der Waals surface area contributed by atoms with Crippen LogP contribution in [0.4, 0.5) is 18.9 Å². The van der Waals surface area contributed by atoms with E-state index in [1.54, 1.807) is 24.3 Å². The van der Waals surface area contributed by atoms with E-state index < -0.39 is 23.1 Å². The summed E-state index contributed by atoms with van der Waals surface area (Å²) in [5, 5.41) is 31.1. The number of carbonyl (C=O) groups excluding carboxylic acids is 1. The summed E-state index contributed by atoms with van der Waals surface area (Å²) >= 11 is 0. The van der Waals surface area contributed by atoms with Crippen molar-refractivity contribution in [3.8, 4) is 22.6 Å². The molecule has 5 nitrogen and oxygen atoms in total. The van der Waals surface area contributed by atoms with Gasteiger partial charge in [-0.05, 0) is 65.4 Å². The fraction of sp³-hybridized carbons (Fsp3) is 0.208.